The topological polar surface area (TPSA) is 74.8 Å². The number of halogens is 1. The first-order valence-electron chi connectivity index (χ1n) is 6.19. The summed E-state index contributed by atoms with van der Waals surface area (Å²) in [6.07, 6.45) is 0. The summed E-state index contributed by atoms with van der Waals surface area (Å²) < 4.78 is 0. The van der Waals surface area contributed by atoms with Gasteiger partial charge >= 0.3 is 6.03 Å². The van der Waals surface area contributed by atoms with Gasteiger partial charge in [-0.3, -0.25) is 10.1 Å². The molecule has 0 aliphatic heterocycles. The number of rotatable bonds is 5. The summed E-state index contributed by atoms with van der Waals surface area (Å²) in [6.45, 7) is 4.46. The molecule has 4 N–H and O–H groups in total. The van der Waals surface area contributed by atoms with Crippen LogP contribution in [0.25, 0.3) is 0 Å². The van der Waals surface area contributed by atoms with E-state index in [4.69, 9.17) is 11.6 Å². The molecule has 19 heavy (non-hydrogen) atoms. The van der Waals surface area contributed by atoms with E-state index in [-0.39, 0.29) is 18.5 Å². The Labute approximate surface area is 117 Å². The molecule has 104 valence electrons. The molecular weight excluding hydrogens is 266 g/mol. The van der Waals surface area contributed by atoms with Crippen LogP contribution in [0, 0.1) is 0 Å². The van der Waals surface area contributed by atoms with Crippen LogP contribution in [-0.4, -0.2) is 25.0 Å². The highest BCUT2D eigenvalue weighted by atomic mass is 35.5. The summed E-state index contributed by atoms with van der Waals surface area (Å²) in [7, 11) is 0. The van der Waals surface area contributed by atoms with Crippen LogP contribution in [0.3, 0.4) is 0 Å². The molecule has 0 fully saturated rings. The van der Waals surface area contributed by atoms with Gasteiger partial charge < -0.3 is 10.6 Å². The molecule has 0 radical (unpaired) electrons. The van der Waals surface area contributed by atoms with Gasteiger partial charge in [-0.15, -0.1) is 0 Å². The minimum atomic E-state index is -0.458. The summed E-state index contributed by atoms with van der Waals surface area (Å²) in [6, 6.07) is 7.14. The minimum Gasteiger partial charge on any atom is -0.338 e. The molecule has 0 aliphatic rings. The smallest absolute Gasteiger partial charge is 0.321 e. The van der Waals surface area contributed by atoms with Crippen molar-refractivity contribution in [1.29, 1.82) is 0 Å². The van der Waals surface area contributed by atoms with Crippen molar-refractivity contribution in [2.24, 2.45) is 0 Å². The first-order chi connectivity index (χ1) is 9.02. The highest BCUT2D eigenvalue weighted by Gasteiger charge is 2.13. The molecule has 1 atom stereocenters. The lowest BCUT2D eigenvalue weighted by atomic mass is 10.1. The van der Waals surface area contributed by atoms with Crippen LogP contribution in [0.2, 0.25) is 5.02 Å². The SMILES string of the molecule is CCNC(=O)NC(=O)C[NH2+][C@@H](C)c1ccc(Cl)cc1. The van der Waals surface area contributed by atoms with Crippen molar-refractivity contribution in [3.05, 3.63) is 34.9 Å². The van der Waals surface area contributed by atoms with E-state index in [0.29, 0.717) is 11.6 Å². The fourth-order valence-electron chi connectivity index (χ4n) is 1.57. The van der Waals surface area contributed by atoms with Crippen molar-refractivity contribution in [2.75, 3.05) is 13.1 Å². The number of nitrogens with one attached hydrogen (secondary N) is 2. The number of amides is 3. The Kier molecular flexibility index (Phi) is 6.32. The largest absolute Gasteiger partial charge is 0.338 e. The van der Waals surface area contributed by atoms with Crippen LogP contribution in [0.15, 0.2) is 24.3 Å². The number of hydrogen-bond donors (Lipinski definition) is 3. The summed E-state index contributed by atoms with van der Waals surface area (Å²) in [5.41, 5.74) is 1.08. The van der Waals surface area contributed by atoms with Gasteiger partial charge in [0, 0.05) is 17.1 Å². The molecular formula is C13H19ClN3O2+. The van der Waals surface area contributed by atoms with E-state index >= 15 is 0 Å². The molecule has 1 rings (SSSR count). The van der Waals surface area contributed by atoms with E-state index in [2.05, 4.69) is 10.6 Å². The third kappa shape index (κ3) is 5.72. The molecule has 3 amide bonds. The number of hydrogen-bond acceptors (Lipinski definition) is 2. The van der Waals surface area contributed by atoms with Crippen LogP contribution in [0.4, 0.5) is 4.79 Å². The van der Waals surface area contributed by atoms with Crippen LogP contribution < -0.4 is 16.0 Å². The Hall–Kier alpha value is -1.59. The average molecular weight is 285 g/mol. The maximum Gasteiger partial charge on any atom is 0.321 e. The van der Waals surface area contributed by atoms with Crippen LogP contribution >= 0.6 is 11.6 Å². The standard InChI is InChI=1S/C13H18ClN3O2/c1-3-15-13(19)17-12(18)8-16-9(2)10-4-6-11(14)7-5-10/h4-7,9,16H,3,8H2,1-2H3,(H2,15,17,18,19)/p+1/t9-/m0/s1. The zero-order valence-corrected chi connectivity index (χ0v) is 11.8. The quantitative estimate of drug-likeness (QED) is 0.748. The van der Waals surface area contributed by atoms with E-state index in [0.717, 1.165) is 5.56 Å². The molecule has 0 saturated heterocycles. The fourth-order valence-corrected chi connectivity index (χ4v) is 1.69. The Morgan fingerprint density at radius 1 is 1.32 bits per heavy atom. The van der Waals surface area contributed by atoms with Gasteiger partial charge in [0.1, 0.15) is 6.04 Å². The zero-order chi connectivity index (χ0) is 14.3. The van der Waals surface area contributed by atoms with Crippen molar-refractivity contribution in [2.45, 2.75) is 19.9 Å². The summed E-state index contributed by atoms with van der Waals surface area (Å²) in [5.74, 6) is -0.313. The van der Waals surface area contributed by atoms with Gasteiger partial charge in [-0.05, 0) is 26.0 Å². The van der Waals surface area contributed by atoms with E-state index in [1.54, 1.807) is 6.92 Å². The normalized spacial score (nSPS) is 11.7. The summed E-state index contributed by atoms with van der Waals surface area (Å²) in [4.78, 5) is 22.6. The van der Waals surface area contributed by atoms with Gasteiger partial charge in [-0.1, -0.05) is 23.7 Å². The highest BCUT2D eigenvalue weighted by Crippen LogP contribution is 2.13. The van der Waals surface area contributed by atoms with Crippen molar-refractivity contribution in [1.82, 2.24) is 10.6 Å². The Morgan fingerprint density at radius 3 is 2.53 bits per heavy atom. The van der Waals surface area contributed by atoms with Gasteiger partial charge in [-0.2, -0.15) is 0 Å². The molecule has 1 aromatic carbocycles. The van der Waals surface area contributed by atoms with E-state index in [1.807, 2.05) is 36.5 Å². The van der Waals surface area contributed by atoms with Gasteiger partial charge in [0.2, 0.25) is 0 Å². The number of nitrogens with two attached hydrogens (primary N) is 1. The van der Waals surface area contributed by atoms with Gasteiger partial charge in [0.25, 0.3) is 5.91 Å². The lowest BCUT2D eigenvalue weighted by molar-refractivity contribution is -0.682. The van der Waals surface area contributed by atoms with Crippen molar-refractivity contribution >= 4 is 23.5 Å². The third-order valence-electron chi connectivity index (χ3n) is 2.64. The Bertz CT molecular complexity index is 434. The number of benzene rings is 1. The first kappa shape index (κ1) is 15.5. The monoisotopic (exact) mass is 284 g/mol. The van der Waals surface area contributed by atoms with Gasteiger partial charge in [0.05, 0.1) is 0 Å². The zero-order valence-electron chi connectivity index (χ0n) is 11.1. The number of carbonyl (C=O) groups is 2. The molecule has 0 aliphatic carbocycles. The van der Waals surface area contributed by atoms with Crippen LogP contribution in [-0.2, 0) is 4.79 Å². The minimum absolute atomic E-state index is 0.122. The molecule has 0 aromatic heterocycles. The molecule has 6 heteroatoms. The predicted molar refractivity (Wildman–Crippen MR) is 73.9 cm³/mol. The molecule has 1 aromatic rings. The second kappa shape index (κ2) is 7.76. The summed E-state index contributed by atoms with van der Waals surface area (Å²) in [5, 5.41) is 7.30. The Balaban J connectivity index is 2.37. The second-order valence-corrected chi connectivity index (χ2v) is 4.62. The second-order valence-electron chi connectivity index (χ2n) is 4.19. The van der Waals surface area contributed by atoms with Crippen molar-refractivity contribution in [3.63, 3.8) is 0 Å². The first-order valence-corrected chi connectivity index (χ1v) is 6.57. The number of quaternary nitrogens is 1. The maximum atomic E-state index is 11.5. The highest BCUT2D eigenvalue weighted by molar-refractivity contribution is 6.30. The van der Waals surface area contributed by atoms with Crippen LogP contribution in [0.1, 0.15) is 25.5 Å². The molecule has 0 heterocycles. The van der Waals surface area contributed by atoms with Crippen molar-refractivity contribution < 1.29 is 14.9 Å². The average Bonchev–Trinajstić information content (AvgIpc) is 2.37. The Morgan fingerprint density at radius 2 is 1.95 bits per heavy atom. The lowest BCUT2D eigenvalue weighted by Crippen LogP contribution is -2.87. The van der Waals surface area contributed by atoms with E-state index < -0.39 is 6.03 Å². The molecule has 5 nitrogen and oxygen atoms in total. The number of urea groups is 1. The predicted octanol–water partition coefficient (Wildman–Crippen LogP) is 0.810. The van der Waals surface area contributed by atoms with Crippen LogP contribution in [0.5, 0.6) is 0 Å². The molecule has 0 unspecified atom stereocenters. The summed E-state index contributed by atoms with van der Waals surface area (Å²) >= 11 is 5.81. The third-order valence-corrected chi connectivity index (χ3v) is 2.89. The maximum absolute atomic E-state index is 11.5. The number of carbonyl (C=O) groups excluding carboxylic acids is 2. The van der Waals surface area contributed by atoms with E-state index in [1.165, 1.54) is 0 Å². The lowest BCUT2D eigenvalue weighted by Gasteiger charge is -2.11. The molecule has 0 saturated carbocycles. The van der Waals surface area contributed by atoms with Crippen molar-refractivity contribution in [3.8, 4) is 0 Å². The molecule has 0 spiro atoms. The van der Waals surface area contributed by atoms with Gasteiger partial charge in [0.15, 0.2) is 6.54 Å². The van der Waals surface area contributed by atoms with E-state index in [9.17, 15) is 9.59 Å². The molecule has 0 bridgehead atoms. The number of imide groups is 1. The fraction of sp³-hybridized carbons (Fsp3) is 0.385. The van der Waals surface area contributed by atoms with Gasteiger partial charge in [-0.25, -0.2) is 4.79 Å².